The van der Waals surface area contributed by atoms with Crippen LogP contribution in [0.1, 0.15) is 0 Å². The standard InChI is InChI=1S/C9H12N6O2/c10-2-1-7(16)6(14)9(15)17-8(1)5(13)4(12)3(2)11/h10-15H2. The molecule has 12 N–H and O–H groups in total. The van der Waals surface area contributed by atoms with E-state index in [2.05, 4.69) is 0 Å². The molecule has 0 atom stereocenters. The van der Waals surface area contributed by atoms with Crippen molar-refractivity contribution in [2.75, 3.05) is 34.4 Å². The average Bonchev–Trinajstić information content (AvgIpc) is 2.30. The third kappa shape index (κ3) is 1.20. The summed E-state index contributed by atoms with van der Waals surface area (Å²) in [7, 11) is 0. The molecule has 0 bridgehead atoms. The molecule has 0 amide bonds. The van der Waals surface area contributed by atoms with Gasteiger partial charge in [0.25, 0.3) is 0 Å². The topological polar surface area (TPSA) is 186 Å². The fourth-order valence-electron chi connectivity index (χ4n) is 1.55. The Hall–Kier alpha value is -2.77. The van der Waals surface area contributed by atoms with E-state index in [1.807, 2.05) is 0 Å². The minimum Gasteiger partial charge on any atom is -0.436 e. The number of nitrogens with two attached hydrogens (primary N) is 6. The van der Waals surface area contributed by atoms with E-state index in [0.29, 0.717) is 0 Å². The van der Waals surface area contributed by atoms with Crippen LogP contribution >= 0.6 is 0 Å². The van der Waals surface area contributed by atoms with Crippen molar-refractivity contribution in [1.82, 2.24) is 0 Å². The molecule has 0 saturated carbocycles. The molecule has 0 saturated heterocycles. The molecule has 1 heterocycles. The molecule has 8 nitrogen and oxygen atoms in total. The monoisotopic (exact) mass is 236 g/mol. The number of hydrogen-bond donors (Lipinski definition) is 6. The summed E-state index contributed by atoms with van der Waals surface area (Å²) in [6, 6.07) is 0. The summed E-state index contributed by atoms with van der Waals surface area (Å²) < 4.78 is 5.13. The molecule has 1 aromatic heterocycles. The molecule has 1 aromatic carbocycles. The molecule has 0 radical (unpaired) electrons. The third-order valence-corrected chi connectivity index (χ3v) is 2.56. The first-order valence-electron chi connectivity index (χ1n) is 4.59. The molecule has 0 unspecified atom stereocenters. The maximum Gasteiger partial charge on any atom is 0.220 e. The van der Waals surface area contributed by atoms with Crippen molar-refractivity contribution in [3.63, 3.8) is 0 Å². The minimum atomic E-state index is -0.584. The van der Waals surface area contributed by atoms with Crippen LogP contribution in [0.25, 0.3) is 11.0 Å². The molecule has 0 spiro atoms. The van der Waals surface area contributed by atoms with Gasteiger partial charge in [0.05, 0.1) is 22.4 Å². The van der Waals surface area contributed by atoms with Crippen LogP contribution in [0.3, 0.4) is 0 Å². The van der Waals surface area contributed by atoms with Crippen molar-refractivity contribution in [3.05, 3.63) is 10.2 Å². The zero-order valence-electron chi connectivity index (χ0n) is 8.78. The van der Waals surface area contributed by atoms with Crippen molar-refractivity contribution in [1.29, 1.82) is 0 Å². The lowest BCUT2D eigenvalue weighted by Gasteiger charge is -2.12. The van der Waals surface area contributed by atoms with Crippen molar-refractivity contribution < 1.29 is 4.42 Å². The zero-order valence-corrected chi connectivity index (χ0v) is 8.78. The van der Waals surface area contributed by atoms with Gasteiger partial charge in [0, 0.05) is 0 Å². The molecule has 8 heteroatoms. The normalized spacial score (nSPS) is 10.8. The molecular formula is C9H12N6O2. The van der Waals surface area contributed by atoms with Gasteiger partial charge in [-0.1, -0.05) is 0 Å². The molecule has 0 aliphatic carbocycles. The zero-order chi connectivity index (χ0) is 12.9. The van der Waals surface area contributed by atoms with Gasteiger partial charge in [0.2, 0.25) is 11.3 Å². The van der Waals surface area contributed by atoms with Crippen LogP contribution in [0.4, 0.5) is 34.3 Å². The van der Waals surface area contributed by atoms with Gasteiger partial charge in [-0.2, -0.15) is 0 Å². The lowest BCUT2D eigenvalue weighted by atomic mass is 10.1. The number of benzene rings is 1. The number of nitrogen functional groups attached to an aromatic ring is 6. The van der Waals surface area contributed by atoms with Crippen LogP contribution in [-0.2, 0) is 0 Å². The Morgan fingerprint density at radius 2 is 1.24 bits per heavy atom. The van der Waals surface area contributed by atoms with E-state index in [0.717, 1.165) is 0 Å². The average molecular weight is 236 g/mol. The van der Waals surface area contributed by atoms with E-state index in [1.54, 1.807) is 0 Å². The highest BCUT2D eigenvalue weighted by Gasteiger charge is 2.19. The van der Waals surface area contributed by atoms with E-state index < -0.39 is 5.43 Å². The van der Waals surface area contributed by atoms with Gasteiger partial charge in [-0.25, -0.2) is 0 Å². The van der Waals surface area contributed by atoms with Gasteiger partial charge in [0.15, 0.2) is 5.58 Å². The molecule has 0 fully saturated rings. The lowest BCUT2D eigenvalue weighted by molar-refractivity contribution is 0.629. The summed E-state index contributed by atoms with van der Waals surface area (Å²) in [6.45, 7) is 0. The molecule has 90 valence electrons. The lowest BCUT2D eigenvalue weighted by Crippen LogP contribution is -2.15. The summed E-state index contributed by atoms with van der Waals surface area (Å²) in [5, 5.41) is -0.0131. The van der Waals surface area contributed by atoms with Gasteiger partial charge in [-0.3, -0.25) is 4.79 Å². The highest BCUT2D eigenvalue weighted by molar-refractivity contribution is 6.10. The smallest absolute Gasteiger partial charge is 0.220 e. The Kier molecular flexibility index (Phi) is 1.96. The second kappa shape index (κ2) is 3.11. The van der Waals surface area contributed by atoms with E-state index in [4.69, 9.17) is 38.8 Å². The predicted octanol–water partition coefficient (Wildman–Crippen LogP) is -0.714. The van der Waals surface area contributed by atoms with Gasteiger partial charge < -0.3 is 38.8 Å². The largest absolute Gasteiger partial charge is 0.436 e. The molecule has 17 heavy (non-hydrogen) atoms. The van der Waals surface area contributed by atoms with E-state index >= 15 is 0 Å². The van der Waals surface area contributed by atoms with Crippen molar-refractivity contribution in [3.8, 4) is 0 Å². The van der Waals surface area contributed by atoms with E-state index in [-0.39, 0.29) is 45.3 Å². The second-order valence-electron chi connectivity index (χ2n) is 3.57. The van der Waals surface area contributed by atoms with Gasteiger partial charge >= 0.3 is 0 Å². The van der Waals surface area contributed by atoms with Crippen LogP contribution in [0.5, 0.6) is 0 Å². The Morgan fingerprint density at radius 3 is 1.82 bits per heavy atom. The second-order valence-corrected chi connectivity index (χ2v) is 3.57. The highest BCUT2D eigenvalue weighted by atomic mass is 16.3. The minimum absolute atomic E-state index is 0.00843. The highest BCUT2D eigenvalue weighted by Crippen LogP contribution is 2.38. The fraction of sp³-hybridized carbons (Fsp3) is 0. The molecule has 0 aliphatic rings. The summed E-state index contributed by atoms with van der Waals surface area (Å²) >= 11 is 0. The summed E-state index contributed by atoms with van der Waals surface area (Å²) in [5.41, 5.74) is 32.7. The summed E-state index contributed by atoms with van der Waals surface area (Å²) in [5.74, 6) is -0.238. The van der Waals surface area contributed by atoms with E-state index in [9.17, 15) is 4.79 Å². The SMILES string of the molecule is Nc1oc2c(N)c(N)c(N)c(N)c2c(=O)c1N. The van der Waals surface area contributed by atoms with Crippen molar-refractivity contribution >= 4 is 45.3 Å². The number of rotatable bonds is 0. The first-order chi connectivity index (χ1) is 7.86. The molecular weight excluding hydrogens is 224 g/mol. The van der Waals surface area contributed by atoms with Gasteiger partial charge in [-0.15, -0.1) is 0 Å². The number of hydrogen-bond acceptors (Lipinski definition) is 8. The first-order valence-corrected chi connectivity index (χ1v) is 4.59. The van der Waals surface area contributed by atoms with Crippen molar-refractivity contribution in [2.45, 2.75) is 0 Å². The Bertz CT molecular complexity index is 690. The maximum atomic E-state index is 11.9. The fourth-order valence-corrected chi connectivity index (χ4v) is 1.55. The maximum absolute atomic E-state index is 11.9. The molecule has 0 aliphatic heterocycles. The Balaban J connectivity index is 3.18. The van der Waals surface area contributed by atoms with Crippen LogP contribution in [0.2, 0.25) is 0 Å². The Labute approximate surface area is 95.1 Å². The summed E-state index contributed by atoms with van der Waals surface area (Å²) in [4.78, 5) is 11.9. The van der Waals surface area contributed by atoms with Gasteiger partial charge in [-0.05, 0) is 0 Å². The van der Waals surface area contributed by atoms with Gasteiger partial charge in [0.1, 0.15) is 11.4 Å². The predicted molar refractivity (Wildman–Crippen MR) is 69.0 cm³/mol. The quantitative estimate of drug-likeness (QED) is 0.323. The van der Waals surface area contributed by atoms with Crippen LogP contribution < -0.4 is 39.8 Å². The Morgan fingerprint density at radius 1 is 0.706 bits per heavy atom. The first kappa shape index (κ1) is 10.7. The van der Waals surface area contributed by atoms with Crippen LogP contribution in [0.15, 0.2) is 9.21 Å². The molecule has 2 aromatic rings. The summed E-state index contributed by atoms with van der Waals surface area (Å²) in [6.07, 6.45) is 0. The number of fused-ring (bicyclic) bond motifs is 1. The molecule has 2 rings (SSSR count). The van der Waals surface area contributed by atoms with Crippen LogP contribution in [0, 0.1) is 0 Å². The van der Waals surface area contributed by atoms with E-state index in [1.165, 1.54) is 0 Å². The van der Waals surface area contributed by atoms with Crippen LogP contribution in [-0.4, -0.2) is 0 Å². The third-order valence-electron chi connectivity index (χ3n) is 2.56. The van der Waals surface area contributed by atoms with Crippen molar-refractivity contribution in [2.24, 2.45) is 0 Å². The number of anilines is 6.